The van der Waals surface area contributed by atoms with Crippen molar-refractivity contribution in [3.05, 3.63) is 53.6 Å². The molecule has 21 heavy (non-hydrogen) atoms. The van der Waals surface area contributed by atoms with E-state index in [1.165, 1.54) is 18.2 Å². The largest absolute Gasteiger partial charge is 0.507 e. The molecular formula is C16H16O5. The van der Waals surface area contributed by atoms with Crippen LogP contribution in [0.2, 0.25) is 0 Å². The minimum Gasteiger partial charge on any atom is -0.507 e. The molecule has 0 fully saturated rings. The van der Waals surface area contributed by atoms with Gasteiger partial charge in [-0.3, -0.25) is 0 Å². The van der Waals surface area contributed by atoms with Gasteiger partial charge in [0.05, 0.1) is 0 Å². The maximum Gasteiger partial charge on any atom is 0.339 e. The lowest BCUT2D eigenvalue weighted by Gasteiger charge is -2.09. The van der Waals surface area contributed by atoms with Crippen molar-refractivity contribution in [2.45, 2.75) is 6.92 Å². The Balaban J connectivity index is 1.82. The summed E-state index contributed by atoms with van der Waals surface area (Å²) in [7, 11) is 0. The molecule has 0 aliphatic heterocycles. The van der Waals surface area contributed by atoms with Crippen LogP contribution in [0.4, 0.5) is 0 Å². The molecule has 0 aliphatic rings. The zero-order valence-corrected chi connectivity index (χ0v) is 11.6. The molecule has 5 heteroatoms. The fourth-order valence-corrected chi connectivity index (χ4v) is 1.74. The molecule has 2 aromatic carbocycles. The number of hydrogen-bond acceptors (Lipinski definition) is 4. The van der Waals surface area contributed by atoms with Crippen molar-refractivity contribution in [3.63, 3.8) is 0 Å². The van der Waals surface area contributed by atoms with E-state index >= 15 is 0 Å². The molecule has 0 saturated heterocycles. The summed E-state index contributed by atoms with van der Waals surface area (Å²) < 4.78 is 10.9. The fraction of sp³-hybridized carbons (Fsp3) is 0.188. The molecule has 0 spiro atoms. The van der Waals surface area contributed by atoms with E-state index in [0.717, 1.165) is 11.3 Å². The van der Waals surface area contributed by atoms with Crippen LogP contribution in [0.3, 0.4) is 0 Å². The Morgan fingerprint density at radius 2 is 1.57 bits per heavy atom. The normalized spacial score (nSPS) is 10.1. The summed E-state index contributed by atoms with van der Waals surface area (Å²) in [4.78, 5) is 10.8. The van der Waals surface area contributed by atoms with Gasteiger partial charge in [-0.25, -0.2) is 4.79 Å². The highest BCUT2D eigenvalue weighted by Gasteiger charge is 2.09. The highest BCUT2D eigenvalue weighted by molar-refractivity contribution is 5.90. The van der Waals surface area contributed by atoms with Crippen LogP contribution in [-0.4, -0.2) is 29.4 Å². The van der Waals surface area contributed by atoms with E-state index in [9.17, 15) is 9.90 Å². The van der Waals surface area contributed by atoms with E-state index < -0.39 is 5.97 Å². The van der Waals surface area contributed by atoms with Crippen LogP contribution < -0.4 is 9.47 Å². The number of aromatic hydroxyl groups is 1. The zero-order valence-electron chi connectivity index (χ0n) is 11.6. The van der Waals surface area contributed by atoms with Gasteiger partial charge >= 0.3 is 5.97 Å². The zero-order chi connectivity index (χ0) is 15.2. The summed E-state index contributed by atoms with van der Waals surface area (Å²) in [6.45, 7) is 2.64. The molecule has 110 valence electrons. The highest BCUT2D eigenvalue weighted by Crippen LogP contribution is 2.23. The van der Waals surface area contributed by atoms with Gasteiger partial charge < -0.3 is 19.7 Å². The molecule has 2 rings (SSSR count). The summed E-state index contributed by atoms with van der Waals surface area (Å²) in [6.07, 6.45) is 0. The van der Waals surface area contributed by atoms with Gasteiger partial charge in [0.25, 0.3) is 0 Å². The second kappa shape index (κ2) is 6.65. The number of carboxylic acid groups (broad SMARTS) is 1. The molecule has 2 aromatic rings. The quantitative estimate of drug-likeness (QED) is 0.799. The topological polar surface area (TPSA) is 76.0 Å². The summed E-state index contributed by atoms with van der Waals surface area (Å²) in [5.74, 6) is -0.348. The van der Waals surface area contributed by atoms with Gasteiger partial charge in [-0.15, -0.1) is 0 Å². The number of benzene rings is 2. The third-order valence-electron chi connectivity index (χ3n) is 2.84. The second-order valence-electron chi connectivity index (χ2n) is 4.49. The van der Waals surface area contributed by atoms with Crippen LogP contribution >= 0.6 is 0 Å². The van der Waals surface area contributed by atoms with Crippen LogP contribution in [0.25, 0.3) is 0 Å². The van der Waals surface area contributed by atoms with E-state index in [4.69, 9.17) is 14.6 Å². The molecule has 0 radical (unpaired) electrons. The van der Waals surface area contributed by atoms with Crippen molar-refractivity contribution >= 4 is 5.97 Å². The number of aromatic carboxylic acids is 1. The number of carboxylic acids is 1. The SMILES string of the molecule is Cc1ccc(OCCOc2ccc(C(=O)O)c(O)c2)cc1. The molecule has 0 bridgehead atoms. The number of ether oxygens (including phenoxy) is 2. The molecule has 0 unspecified atom stereocenters. The Bertz CT molecular complexity index is 619. The smallest absolute Gasteiger partial charge is 0.339 e. The number of hydrogen-bond donors (Lipinski definition) is 2. The summed E-state index contributed by atoms with van der Waals surface area (Å²) in [5, 5.41) is 18.3. The molecule has 0 atom stereocenters. The van der Waals surface area contributed by atoms with Gasteiger partial charge in [-0.2, -0.15) is 0 Å². The first-order valence-electron chi connectivity index (χ1n) is 6.45. The highest BCUT2D eigenvalue weighted by atomic mass is 16.5. The number of aryl methyl sites for hydroxylation is 1. The third kappa shape index (κ3) is 4.14. The molecule has 5 nitrogen and oxygen atoms in total. The molecule has 0 heterocycles. The van der Waals surface area contributed by atoms with Crippen LogP contribution in [0, 0.1) is 6.92 Å². The molecule has 0 aromatic heterocycles. The minimum atomic E-state index is -1.18. The van der Waals surface area contributed by atoms with Crippen LogP contribution in [-0.2, 0) is 0 Å². The summed E-state index contributed by atoms with van der Waals surface area (Å²) in [5.41, 5.74) is 1.01. The number of carbonyl (C=O) groups is 1. The van der Waals surface area contributed by atoms with Crippen LogP contribution in [0.15, 0.2) is 42.5 Å². The van der Waals surface area contributed by atoms with E-state index in [-0.39, 0.29) is 11.3 Å². The van der Waals surface area contributed by atoms with Gasteiger partial charge in [0.2, 0.25) is 0 Å². The van der Waals surface area contributed by atoms with Crippen molar-refractivity contribution in [2.24, 2.45) is 0 Å². The Morgan fingerprint density at radius 3 is 2.14 bits per heavy atom. The van der Waals surface area contributed by atoms with Gasteiger partial charge in [0.1, 0.15) is 36.0 Å². The maximum absolute atomic E-state index is 10.8. The summed E-state index contributed by atoms with van der Waals surface area (Å²) >= 11 is 0. The van der Waals surface area contributed by atoms with E-state index in [2.05, 4.69) is 0 Å². The summed E-state index contributed by atoms with van der Waals surface area (Å²) in [6, 6.07) is 11.7. The van der Waals surface area contributed by atoms with Gasteiger partial charge in [0.15, 0.2) is 0 Å². The first-order valence-corrected chi connectivity index (χ1v) is 6.45. The fourth-order valence-electron chi connectivity index (χ4n) is 1.74. The Hall–Kier alpha value is -2.69. The van der Waals surface area contributed by atoms with Crippen LogP contribution in [0.1, 0.15) is 15.9 Å². The maximum atomic E-state index is 10.8. The molecule has 0 aliphatic carbocycles. The molecular weight excluding hydrogens is 272 g/mol. The second-order valence-corrected chi connectivity index (χ2v) is 4.49. The van der Waals surface area contributed by atoms with Crippen molar-refractivity contribution in [2.75, 3.05) is 13.2 Å². The number of rotatable bonds is 6. The first kappa shape index (κ1) is 14.7. The first-order chi connectivity index (χ1) is 10.1. The van der Waals surface area contributed by atoms with Gasteiger partial charge in [-0.1, -0.05) is 17.7 Å². The van der Waals surface area contributed by atoms with E-state index in [0.29, 0.717) is 19.0 Å². The van der Waals surface area contributed by atoms with Crippen molar-refractivity contribution < 1.29 is 24.5 Å². The lowest BCUT2D eigenvalue weighted by molar-refractivity contribution is 0.0693. The lowest BCUT2D eigenvalue weighted by Crippen LogP contribution is -2.09. The van der Waals surface area contributed by atoms with Gasteiger partial charge in [-0.05, 0) is 31.2 Å². The monoisotopic (exact) mass is 288 g/mol. The lowest BCUT2D eigenvalue weighted by atomic mass is 10.2. The van der Waals surface area contributed by atoms with Crippen molar-refractivity contribution in [3.8, 4) is 17.2 Å². The third-order valence-corrected chi connectivity index (χ3v) is 2.84. The van der Waals surface area contributed by atoms with Gasteiger partial charge in [0, 0.05) is 6.07 Å². The predicted molar refractivity (Wildman–Crippen MR) is 77.2 cm³/mol. The molecule has 0 amide bonds. The average Bonchev–Trinajstić information content (AvgIpc) is 2.45. The number of phenols is 1. The van der Waals surface area contributed by atoms with E-state index in [1.807, 2.05) is 31.2 Å². The predicted octanol–water partition coefficient (Wildman–Crippen LogP) is 2.86. The Morgan fingerprint density at radius 1 is 1.00 bits per heavy atom. The van der Waals surface area contributed by atoms with Crippen molar-refractivity contribution in [1.82, 2.24) is 0 Å². The Kier molecular flexibility index (Phi) is 4.66. The van der Waals surface area contributed by atoms with E-state index in [1.54, 1.807) is 0 Å². The molecule has 2 N–H and O–H groups in total. The minimum absolute atomic E-state index is 0.154. The van der Waals surface area contributed by atoms with Crippen molar-refractivity contribution in [1.29, 1.82) is 0 Å². The van der Waals surface area contributed by atoms with Crippen LogP contribution in [0.5, 0.6) is 17.2 Å². The molecule has 0 saturated carbocycles. The average molecular weight is 288 g/mol. The standard InChI is InChI=1S/C16H16O5/c1-11-2-4-12(5-3-11)20-8-9-21-13-6-7-14(16(18)19)15(17)10-13/h2-7,10,17H,8-9H2,1H3,(H,18,19). The Labute approximate surface area is 122 Å².